The summed E-state index contributed by atoms with van der Waals surface area (Å²) in [4.78, 5) is 21.3. The molecule has 6 heteroatoms. The van der Waals surface area contributed by atoms with Gasteiger partial charge in [-0.05, 0) is 101 Å². The molecule has 0 radical (unpaired) electrons. The summed E-state index contributed by atoms with van der Waals surface area (Å²) in [6, 6.07) is 79.7. The normalized spacial score (nSPS) is 11.8. The molecule has 0 saturated carbocycles. The average molecular weight is 884 g/mol. The lowest BCUT2D eigenvalue weighted by atomic mass is 9.96. The molecule has 4 heterocycles. The second-order valence-electron chi connectivity index (χ2n) is 17.4. The van der Waals surface area contributed by atoms with Crippen molar-refractivity contribution in [1.29, 1.82) is 0 Å². The zero-order chi connectivity index (χ0) is 44.7. The molecule has 14 rings (SSSR count). The molecular weight excluding hydrogens is 847 g/mol. The van der Waals surface area contributed by atoms with Crippen LogP contribution in [0, 0.1) is 0 Å². The lowest BCUT2D eigenvalue weighted by molar-refractivity contribution is 1.07. The van der Waals surface area contributed by atoms with Crippen molar-refractivity contribution in [2.75, 3.05) is 0 Å². The van der Waals surface area contributed by atoms with Gasteiger partial charge in [0.25, 0.3) is 0 Å². The van der Waals surface area contributed by atoms with Gasteiger partial charge < -0.3 is 4.57 Å². The molecule has 0 aliphatic rings. The molecule has 68 heavy (non-hydrogen) atoms. The highest BCUT2D eigenvalue weighted by atomic mass is 32.1. The first-order valence-electron chi connectivity index (χ1n) is 22.9. The number of benzene rings is 10. The Hall–Kier alpha value is -8.84. The first-order chi connectivity index (χ1) is 33.7. The van der Waals surface area contributed by atoms with Gasteiger partial charge in [-0.3, -0.25) is 0 Å². The van der Waals surface area contributed by atoms with E-state index >= 15 is 0 Å². The molecule has 0 amide bonds. The molecule has 0 bridgehead atoms. The van der Waals surface area contributed by atoms with Gasteiger partial charge >= 0.3 is 0 Å². The van der Waals surface area contributed by atoms with Crippen molar-refractivity contribution in [1.82, 2.24) is 24.5 Å². The van der Waals surface area contributed by atoms with Crippen LogP contribution in [0.2, 0.25) is 0 Å². The highest BCUT2D eigenvalue weighted by Crippen LogP contribution is 2.45. The van der Waals surface area contributed by atoms with E-state index in [9.17, 15) is 0 Å². The number of hydrogen-bond acceptors (Lipinski definition) is 5. The molecule has 0 aliphatic carbocycles. The SMILES string of the molecule is c1ccc(-c2nc3ccccc3c3c2ccc2sc4ccc(-c5nc(-c6cccc(-c7ccc8ccccc8c7)c6)nc(-c6ccc7c(c6)c6ccccc6n7-c6ccccc6)n5)cc4c23)cc1. The van der Waals surface area contributed by atoms with E-state index in [1.807, 2.05) is 11.3 Å². The first-order valence-corrected chi connectivity index (χ1v) is 23.7. The summed E-state index contributed by atoms with van der Waals surface area (Å²) in [6.07, 6.45) is 0. The van der Waals surface area contributed by atoms with Gasteiger partial charge in [-0.2, -0.15) is 0 Å². The van der Waals surface area contributed by atoms with Gasteiger partial charge in [-0.25, -0.2) is 19.9 Å². The minimum absolute atomic E-state index is 0.616. The van der Waals surface area contributed by atoms with E-state index in [1.165, 1.54) is 41.7 Å². The molecule has 4 aromatic heterocycles. The molecule has 0 atom stereocenters. The van der Waals surface area contributed by atoms with Crippen molar-refractivity contribution in [2.45, 2.75) is 0 Å². The fraction of sp³-hybridized carbons (Fsp3) is 0. The van der Waals surface area contributed by atoms with E-state index in [2.05, 4.69) is 229 Å². The minimum atomic E-state index is 0.616. The van der Waals surface area contributed by atoms with Crippen LogP contribution in [-0.2, 0) is 0 Å². The predicted octanol–water partition coefficient (Wildman–Crippen LogP) is 16.5. The standard InChI is InChI=1S/C62H37N5S/c1-3-15-39(16-4-1)59-49-30-33-56-58(57(49)48-23-9-11-24-52(48)63-59)51-37-45(29-32-55(51)68-56)62-65-60(43-19-13-18-41(35-43)42-27-26-38-14-7-8-17-40(38)34-42)64-61(66-62)44-28-31-54-50(36-44)47-22-10-12-25-53(47)67(54)46-20-5-2-6-21-46/h1-37H. The highest BCUT2D eigenvalue weighted by Gasteiger charge is 2.20. The molecule has 0 N–H and O–H groups in total. The minimum Gasteiger partial charge on any atom is -0.309 e. The molecule has 0 spiro atoms. The van der Waals surface area contributed by atoms with Crippen molar-refractivity contribution >= 4 is 85.8 Å². The summed E-state index contributed by atoms with van der Waals surface area (Å²) in [5.41, 5.74) is 11.5. The second-order valence-corrected chi connectivity index (χ2v) is 18.5. The summed E-state index contributed by atoms with van der Waals surface area (Å²) in [5, 5.41) is 10.6. The average Bonchev–Trinajstić information content (AvgIpc) is 3.96. The molecule has 14 aromatic rings. The molecule has 10 aromatic carbocycles. The van der Waals surface area contributed by atoms with E-state index in [1.54, 1.807) is 0 Å². The Morgan fingerprint density at radius 2 is 0.897 bits per heavy atom. The Bertz CT molecular complexity index is 4330. The molecule has 0 saturated heterocycles. The lowest BCUT2D eigenvalue weighted by Gasteiger charge is -2.12. The van der Waals surface area contributed by atoms with E-state index in [0.29, 0.717) is 17.5 Å². The van der Waals surface area contributed by atoms with Crippen LogP contribution in [0.25, 0.3) is 137 Å². The van der Waals surface area contributed by atoms with Gasteiger partial charge in [0.05, 0.1) is 22.2 Å². The molecule has 316 valence electrons. The zero-order valence-corrected chi connectivity index (χ0v) is 37.3. The number of para-hydroxylation sites is 3. The Morgan fingerprint density at radius 3 is 1.72 bits per heavy atom. The van der Waals surface area contributed by atoms with Crippen molar-refractivity contribution in [3.05, 3.63) is 224 Å². The van der Waals surface area contributed by atoms with Gasteiger partial charge in [-0.15, -0.1) is 11.3 Å². The number of pyridine rings is 1. The largest absolute Gasteiger partial charge is 0.309 e. The fourth-order valence-corrected chi connectivity index (χ4v) is 11.3. The first kappa shape index (κ1) is 38.4. The Balaban J connectivity index is 0.991. The van der Waals surface area contributed by atoms with Crippen molar-refractivity contribution < 1.29 is 0 Å². The van der Waals surface area contributed by atoms with Crippen LogP contribution in [0.4, 0.5) is 0 Å². The molecule has 5 nitrogen and oxygen atoms in total. The van der Waals surface area contributed by atoms with Crippen molar-refractivity contribution in [2.24, 2.45) is 0 Å². The summed E-state index contributed by atoms with van der Waals surface area (Å²) in [5.74, 6) is 1.85. The number of hydrogen-bond donors (Lipinski definition) is 0. The van der Waals surface area contributed by atoms with E-state index < -0.39 is 0 Å². The van der Waals surface area contributed by atoms with Crippen LogP contribution < -0.4 is 0 Å². The third-order valence-electron chi connectivity index (χ3n) is 13.4. The maximum absolute atomic E-state index is 5.37. The molecule has 0 fully saturated rings. The number of nitrogens with zero attached hydrogens (tertiary/aromatic N) is 5. The van der Waals surface area contributed by atoms with Gasteiger partial charge in [0.1, 0.15) is 0 Å². The van der Waals surface area contributed by atoms with Crippen LogP contribution in [0.1, 0.15) is 0 Å². The fourth-order valence-electron chi connectivity index (χ4n) is 10.2. The summed E-state index contributed by atoms with van der Waals surface area (Å²) in [6.45, 7) is 0. The van der Waals surface area contributed by atoms with E-state index in [0.717, 1.165) is 77.5 Å². The Labute approximate surface area is 394 Å². The quantitative estimate of drug-likeness (QED) is 0.156. The zero-order valence-electron chi connectivity index (χ0n) is 36.5. The van der Waals surface area contributed by atoms with Crippen LogP contribution in [0.3, 0.4) is 0 Å². The van der Waals surface area contributed by atoms with Crippen LogP contribution in [0.15, 0.2) is 224 Å². The third-order valence-corrected chi connectivity index (χ3v) is 14.5. The van der Waals surface area contributed by atoms with E-state index in [-0.39, 0.29) is 0 Å². The molecule has 0 aliphatic heterocycles. The highest BCUT2D eigenvalue weighted by molar-refractivity contribution is 7.26. The number of fused-ring (bicyclic) bond motifs is 11. The number of aromatic nitrogens is 5. The predicted molar refractivity (Wildman–Crippen MR) is 285 cm³/mol. The number of thiophene rings is 1. The van der Waals surface area contributed by atoms with Crippen molar-refractivity contribution in [3.63, 3.8) is 0 Å². The summed E-state index contributed by atoms with van der Waals surface area (Å²) in [7, 11) is 0. The maximum Gasteiger partial charge on any atom is 0.164 e. The maximum atomic E-state index is 5.37. The van der Waals surface area contributed by atoms with E-state index in [4.69, 9.17) is 19.9 Å². The van der Waals surface area contributed by atoms with Crippen molar-refractivity contribution in [3.8, 4) is 62.2 Å². The number of rotatable bonds is 6. The summed E-state index contributed by atoms with van der Waals surface area (Å²) < 4.78 is 4.77. The monoisotopic (exact) mass is 883 g/mol. The Kier molecular flexibility index (Phi) is 8.69. The van der Waals surface area contributed by atoms with Gasteiger partial charge in [0.15, 0.2) is 17.5 Å². The van der Waals surface area contributed by atoms with Crippen LogP contribution in [-0.4, -0.2) is 24.5 Å². The smallest absolute Gasteiger partial charge is 0.164 e. The molecule has 0 unspecified atom stereocenters. The van der Waals surface area contributed by atoms with Gasteiger partial charge in [0.2, 0.25) is 0 Å². The second kappa shape index (κ2) is 15.4. The Morgan fingerprint density at radius 1 is 0.309 bits per heavy atom. The van der Waals surface area contributed by atoms with Gasteiger partial charge in [-0.1, -0.05) is 146 Å². The van der Waals surface area contributed by atoms with Crippen LogP contribution in [0.5, 0.6) is 0 Å². The topological polar surface area (TPSA) is 56.5 Å². The lowest BCUT2D eigenvalue weighted by Crippen LogP contribution is -2.00. The molecular formula is C62H37N5S. The van der Waals surface area contributed by atoms with Crippen LogP contribution >= 0.6 is 11.3 Å². The summed E-state index contributed by atoms with van der Waals surface area (Å²) >= 11 is 1.82. The third kappa shape index (κ3) is 6.23. The van der Waals surface area contributed by atoms with Gasteiger partial charge in [0, 0.05) is 75.0 Å².